The first-order valence-electron chi connectivity index (χ1n) is 5.20. The molecule has 0 saturated carbocycles. The number of methoxy groups -OCH3 is 1. The van der Waals surface area contributed by atoms with Crippen molar-refractivity contribution in [2.45, 2.75) is 13.8 Å². The van der Waals surface area contributed by atoms with Gasteiger partial charge in [0.15, 0.2) is 5.82 Å². The lowest BCUT2D eigenvalue weighted by Crippen LogP contribution is -2.14. The number of hydrogen-bond acceptors (Lipinski definition) is 5. The molecule has 0 atom stereocenters. The van der Waals surface area contributed by atoms with E-state index in [-0.39, 0.29) is 5.95 Å². The summed E-state index contributed by atoms with van der Waals surface area (Å²) in [5.41, 5.74) is 10.9. The van der Waals surface area contributed by atoms with Crippen molar-refractivity contribution in [2.75, 3.05) is 18.3 Å². The van der Waals surface area contributed by atoms with E-state index in [0.717, 1.165) is 11.4 Å². The van der Waals surface area contributed by atoms with E-state index in [0.29, 0.717) is 11.7 Å². The Balaban J connectivity index is 2.33. The zero-order valence-electron chi connectivity index (χ0n) is 10.1. The van der Waals surface area contributed by atoms with Crippen molar-refractivity contribution in [3.05, 3.63) is 29.6 Å². The summed E-state index contributed by atoms with van der Waals surface area (Å²) in [4.78, 5) is 8.02. The molecular weight excluding hydrogens is 218 g/mol. The Bertz CT molecular complexity index is 515. The zero-order chi connectivity index (χ0) is 12.4. The van der Waals surface area contributed by atoms with E-state index >= 15 is 0 Å². The van der Waals surface area contributed by atoms with Gasteiger partial charge < -0.3 is 10.5 Å². The van der Waals surface area contributed by atoms with Crippen LogP contribution in [-0.4, -0.2) is 21.8 Å². The molecule has 2 aromatic rings. The third-order valence-corrected chi connectivity index (χ3v) is 2.43. The summed E-state index contributed by atoms with van der Waals surface area (Å²) in [5, 5.41) is 0. The molecule has 0 aliphatic carbocycles. The molecule has 0 bridgehead atoms. The van der Waals surface area contributed by atoms with Crippen LogP contribution in [-0.2, 0) is 0 Å². The third kappa shape index (κ3) is 2.30. The molecule has 2 aromatic heterocycles. The number of nitrogens with zero attached hydrogens (tertiary/aromatic N) is 3. The number of aryl methyl sites for hydroxylation is 2. The second-order valence-corrected chi connectivity index (χ2v) is 3.72. The lowest BCUT2D eigenvalue weighted by Gasteiger charge is -2.12. The smallest absolute Gasteiger partial charge is 0.225 e. The Morgan fingerprint density at radius 2 is 1.88 bits per heavy atom. The van der Waals surface area contributed by atoms with Crippen LogP contribution in [0.4, 0.5) is 11.8 Å². The summed E-state index contributed by atoms with van der Waals surface area (Å²) < 4.78 is 6.95. The molecule has 6 heteroatoms. The average molecular weight is 233 g/mol. The molecule has 2 heterocycles. The van der Waals surface area contributed by atoms with Crippen LogP contribution in [0.3, 0.4) is 0 Å². The summed E-state index contributed by atoms with van der Waals surface area (Å²) in [6, 6.07) is 5.73. The number of nitrogens with two attached hydrogens (primary N) is 1. The highest BCUT2D eigenvalue weighted by molar-refractivity contribution is 5.43. The molecule has 3 N–H and O–H groups in total. The van der Waals surface area contributed by atoms with Crippen LogP contribution in [0.1, 0.15) is 11.4 Å². The first-order chi connectivity index (χ1) is 8.10. The van der Waals surface area contributed by atoms with E-state index in [4.69, 9.17) is 10.5 Å². The largest absolute Gasteiger partial charge is 0.481 e. The molecule has 0 aliphatic rings. The van der Waals surface area contributed by atoms with Crippen molar-refractivity contribution in [2.24, 2.45) is 0 Å². The highest BCUT2D eigenvalue weighted by Gasteiger charge is 2.05. The molecule has 0 fully saturated rings. The van der Waals surface area contributed by atoms with Crippen molar-refractivity contribution in [1.29, 1.82) is 0 Å². The maximum absolute atomic E-state index is 5.59. The molecular formula is C11H15N5O. The van der Waals surface area contributed by atoms with Crippen LogP contribution in [0.5, 0.6) is 5.88 Å². The summed E-state index contributed by atoms with van der Waals surface area (Å²) in [6.07, 6.45) is 0. The molecule has 0 spiro atoms. The molecule has 90 valence electrons. The van der Waals surface area contributed by atoms with Crippen molar-refractivity contribution in [3.8, 4) is 5.88 Å². The van der Waals surface area contributed by atoms with E-state index in [1.54, 1.807) is 6.07 Å². The topological polar surface area (TPSA) is 78.0 Å². The summed E-state index contributed by atoms with van der Waals surface area (Å²) in [5.74, 6) is 1.20. The standard InChI is InChI=1S/C11H15N5O/c1-7-4-5-8(2)16(7)15-9-6-10(17-3)14-11(12)13-9/h4-6H,1-3H3,(H3,12,13,14,15). The molecule has 6 nitrogen and oxygen atoms in total. The molecule has 17 heavy (non-hydrogen) atoms. The van der Waals surface area contributed by atoms with Crippen LogP contribution >= 0.6 is 0 Å². The minimum atomic E-state index is 0.175. The SMILES string of the molecule is COc1cc(Nn2c(C)ccc2C)nc(N)n1. The van der Waals surface area contributed by atoms with Crippen molar-refractivity contribution >= 4 is 11.8 Å². The first kappa shape index (κ1) is 11.3. The lowest BCUT2D eigenvalue weighted by atomic mass is 10.5. The number of nitrogens with one attached hydrogen (secondary N) is 1. The fourth-order valence-electron chi connectivity index (χ4n) is 1.56. The van der Waals surface area contributed by atoms with Gasteiger partial charge >= 0.3 is 0 Å². The Morgan fingerprint density at radius 1 is 1.24 bits per heavy atom. The van der Waals surface area contributed by atoms with Gasteiger partial charge in [0.1, 0.15) is 0 Å². The number of rotatable bonds is 3. The quantitative estimate of drug-likeness (QED) is 0.837. The van der Waals surface area contributed by atoms with Gasteiger partial charge in [-0.15, -0.1) is 0 Å². The van der Waals surface area contributed by atoms with E-state index in [1.807, 2.05) is 30.7 Å². The van der Waals surface area contributed by atoms with Gasteiger partial charge in [0.2, 0.25) is 11.8 Å². The highest BCUT2D eigenvalue weighted by atomic mass is 16.5. The van der Waals surface area contributed by atoms with Crippen LogP contribution in [0, 0.1) is 13.8 Å². The van der Waals surface area contributed by atoms with E-state index in [9.17, 15) is 0 Å². The zero-order valence-corrected chi connectivity index (χ0v) is 10.1. The van der Waals surface area contributed by atoms with Gasteiger partial charge in [-0.05, 0) is 26.0 Å². The van der Waals surface area contributed by atoms with Gasteiger partial charge in [0.05, 0.1) is 7.11 Å². The maximum atomic E-state index is 5.59. The second kappa shape index (κ2) is 4.32. The second-order valence-electron chi connectivity index (χ2n) is 3.72. The van der Waals surface area contributed by atoms with Gasteiger partial charge in [-0.2, -0.15) is 9.97 Å². The Hall–Kier alpha value is -2.24. The summed E-state index contributed by atoms with van der Waals surface area (Å²) in [6.45, 7) is 4.00. The van der Waals surface area contributed by atoms with E-state index < -0.39 is 0 Å². The molecule has 0 radical (unpaired) electrons. The third-order valence-electron chi connectivity index (χ3n) is 2.43. The molecule has 0 saturated heterocycles. The Labute approximate surface area is 99.4 Å². The molecule has 0 unspecified atom stereocenters. The minimum absolute atomic E-state index is 0.175. The minimum Gasteiger partial charge on any atom is -0.481 e. The normalized spacial score (nSPS) is 10.3. The fraction of sp³-hybridized carbons (Fsp3) is 0.273. The summed E-state index contributed by atoms with van der Waals surface area (Å²) in [7, 11) is 1.54. The van der Waals surface area contributed by atoms with E-state index in [2.05, 4.69) is 15.4 Å². The molecule has 2 rings (SSSR count). The van der Waals surface area contributed by atoms with Crippen LogP contribution in [0.25, 0.3) is 0 Å². The molecule has 0 amide bonds. The predicted octanol–water partition coefficient (Wildman–Crippen LogP) is 1.36. The summed E-state index contributed by atoms with van der Waals surface area (Å²) >= 11 is 0. The molecule has 0 aromatic carbocycles. The Morgan fingerprint density at radius 3 is 2.47 bits per heavy atom. The number of aromatic nitrogens is 3. The highest BCUT2D eigenvalue weighted by Crippen LogP contribution is 2.15. The number of ether oxygens (including phenoxy) is 1. The predicted molar refractivity (Wildman–Crippen MR) is 65.9 cm³/mol. The Kier molecular flexibility index (Phi) is 2.86. The molecule has 0 aliphatic heterocycles. The number of anilines is 2. The van der Waals surface area contributed by atoms with Gasteiger partial charge in [0, 0.05) is 17.5 Å². The van der Waals surface area contributed by atoms with Gasteiger partial charge in [-0.1, -0.05) is 0 Å². The maximum Gasteiger partial charge on any atom is 0.225 e. The van der Waals surface area contributed by atoms with Gasteiger partial charge in [0.25, 0.3) is 0 Å². The van der Waals surface area contributed by atoms with Gasteiger partial charge in [-0.3, -0.25) is 10.1 Å². The number of nitrogen functional groups attached to an aromatic ring is 1. The van der Waals surface area contributed by atoms with Gasteiger partial charge in [-0.25, -0.2) is 0 Å². The lowest BCUT2D eigenvalue weighted by molar-refractivity contribution is 0.398. The average Bonchev–Trinajstić information content (AvgIpc) is 2.60. The number of hydrogen-bond donors (Lipinski definition) is 2. The van der Waals surface area contributed by atoms with Crippen molar-refractivity contribution in [1.82, 2.24) is 14.6 Å². The van der Waals surface area contributed by atoms with Crippen molar-refractivity contribution in [3.63, 3.8) is 0 Å². The van der Waals surface area contributed by atoms with E-state index in [1.165, 1.54) is 7.11 Å². The first-order valence-corrected chi connectivity index (χ1v) is 5.20. The van der Waals surface area contributed by atoms with Crippen LogP contribution in [0.2, 0.25) is 0 Å². The van der Waals surface area contributed by atoms with Crippen LogP contribution in [0.15, 0.2) is 18.2 Å². The van der Waals surface area contributed by atoms with Crippen molar-refractivity contribution < 1.29 is 4.74 Å². The fourth-order valence-corrected chi connectivity index (χ4v) is 1.56. The van der Waals surface area contributed by atoms with Crippen LogP contribution < -0.4 is 15.9 Å². The monoisotopic (exact) mass is 233 g/mol.